The number of ether oxygens (including phenoxy) is 1. The monoisotopic (exact) mass is 415 g/mol. The topological polar surface area (TPSA) is 36.0 Å². The SMILES string of the molecule is CN(C)CCN1CCCN(C(=O)c2ccccc2OCc2ccc(Cl)cc2)CC1. The number of carbonyl (C=O) groups is 1. The van der Waals surface area contributed by atoms with E-state index >= 15 is 0 Å². The molecule has 0 aliphatic carbocycles. The van der Waals surface area contributed by atoms with Gasteiger partial charge in [-0.3, -0.25) is 4.79 Å². The number of amides is 1. The van der Waals surface area contributed by atoms with Gasteiger partial charge in [-0.25, -0.2) is 0 Å². The number of likely N-dealkylation sites (N-methyl/N-ethyl adjacent to an activating group) is 1. The molecule has 0 bridgehead atoms. The van der Waals surface area contributed by atoms with Crippen LogP contribution in [0.1, 0.15) is 22.3 Å². The zero-order valence-electron chi connectivity index (χ0n) is 17.3. The van der Waals surface area contributed by atoms with Crippen molar-refractivity contribution in [3.8, 4) is 5.75 Å². The third-order valence-corrected chi connectivity index (χ3v) is 5.42. The maximum Gasteiger partial charge on any atom is 0.257 e. The minimum absolute atomic E-state index is 0.0474. The third-order valence-electron chi connectivity index (χ3n) is 5.16. The Morgan fingerprint density at radius 1 is 1.03 bits per heavy atom. The molecule has 1 amide bonds. The molecule has 2 aromatic carbocycles. The summed E-state index contributed by atoms with van der Waals surface area (Å²) in [6, 6.07) is 15.1. The second kappa shape index (κ2) is 10.6. The fourth-order valence-electron chi connectivity index (χ4n) is 3.42. The summed E-state index contributed by atoms with van der Waals surface area (Å²) in [5.41, 5.74) is 1.64. The Labute approximate surface area is 178 Å². The van der Waals surface area contributed by atoms with Gasteiger partial charge < -0.3 is 19.4 Å². The Morgan fingerprint density at radius 3 is 2.55 bits per heavy atom. The number of nitrogens with zero attached hydrogens (tertiary/aromatic N) is 3. The average molecular weight is 416 g/mol. The summed E-state index contributed by atoms with van der Waals surface area (Å²) in [5, 5.41) is 0.699. The predicted octanol–water partition coefficient (Wildman–Crippen LogP) is 3.63. The van der Waals surface area contributed by atoms with Crippen molar-refractivity contribution >= 4 is 17.5 Å². The summed E-state index contributed by atoms with van der Waals surface area (Å²) in [7, 11) is 4.18. The highest BCUT2D eigenvalue weighted by atomic mass is 35.5. The number of halogens is 1. The van der Waals surface area contributed by atoms with Gasteiger partial charge in [-0.2, -0.15) is 0 Å². The van der Waals surface area contributed by atoms with Crippen molar-refractivity contribution in [3.63, 3.8) is 0 Å². The molecule has 1 heterocycles. The highest BCUT2D eigenvalue weighted by Crippen LogP contribution is 2.22. The van der Waals surface area contributed by atoms with Crippen LogP contribution in [-0.2, 0) is 6.61 Å². The van der Waals surface area contributed by atoms with Crippen LogP contribution in [0.3, 0.4) is 0 Å². The van der Waals surface area contributed by atoms with E-state index in [1.807, 2.05) is 53.4 Å². The van der Waals surface area contributed by atoms with Crippen LogP contribution in [0.2, 0.25) is 5.02 Å². The summed E-state index contributed by atoms with van der Waals surface area (Å²) in [6.07, 6.45) is 0.993. The van der Waals surface area contributed by atoms with Gasteiger partial charge in [0.2, 0.25) is 0 Å². The minimum atomic E-state index is 0.0474. The summed E-state index contributed by atoms with van der Waals surface area (Å²) in [4.78, 5) is 19.8. The van der Waals surface area contributed by atoms with Crippen LogP contribution >= 0.6 is 11.6 Å². The molecule has 1 fully saturated rings. The largest absolute Gasteiger partial charge is 0.488 e. The fraction of sp³-hybridized carbons (Fsp3) is 0.435. The molecule has 3 rings (SSSR count). The molecule has 0 saturated carbocycles. The summed E-state index contributed by atoms with van der Waals surface area (Å²) < 4.78 is 5.99. The molecule has 0 spiro atoms. The Kier molecular flexibility index (Phi) is 7.92. The molecule has 0 atom stereocenters. The number of para-hydroxylation sites is 1. The standard InChI is InChI=1S/C23H30ClN3O2/c1-25(2)14-15-26-12-5-13-27(17-16-26)23(28)21-6-3-4-7-22(21)29-18-19-8-10-20(24)11-9-19/h3-4,6-11H,5,12-18H2,1-2H3. The molecule has 0 unspecified atom stereocenters. The molecule has 156 valence electrons. The number of benzene rings is 2. The number of hydrogen-bond donors (Lipinski definition) is 0. The normalized spacial score (nSPS) is 15.4. The van der Waals surface area contributed by atoms with Crippen molar-refractivity contribution in [2.75, 3.05) is 53.4 Å². The minimum Gasteiger partial charge on any atom is -0.488 e. The molecule has 1 saturated heterocycles. The maximum atomic E-state index is 13.2. The van der Waals surface area contributed by atoms with E-state index in [-0.39, 0.29) is 5.91 Å². The molecular formula is C23H30ClN3O2. The molecule has 1 aliphatic rings. The lowest BCUT2D eigenvalue weighted by molar-refractivity contribution is 0.0756. The van der Waals surface area contributed by atoms with E-state index in [0.29, 0.717) is 22.9 Å². The van der Waals surface area contributed by atoms with Gasteiger partial charge in [0.15, 0.2) is 0 Å². The van der Waals surface area contributed by atoms with E-state index in [4.69, 9.17) is 16.3 Å². The highest BCUT2D eigenvalue weighted by molar-refractivity contribution is 6.30. The van der Waals surface area contributed by atoms with Crippen LogP contribution in [-0.4, -0.2) is 74.0 Å². The van der Waals surface area contributed by atoms with Gasteiger partial charge in [0.25, 0.3) is 5.91 Å². The molecule has 0 aromatic heterocycles. The number of hydrogen-bond acceptors (Lipinski definition) is 4. The van der Waals surface area contributed by atoms with Crippen LogP contribution in [0.4, 0.5) is 0 Å². The molecule has 0 radical (unpaired) electrons. The predicted molar refractivity (Wildman–Crippen MR) is 118 cm³/mol. The number of rotatable bonds is 7. The van der Waals surface area contributed by atoms with E-state index < -0.39 is 0 Å². The van der Waals surface area contributed by atoms with E-state index in [9.17, 15) is 4.79 Å². The van der Waals surface area contributed by atoms with Crippen LogP contribution in [0.25, 0.3) is 0 Å². The quantitative estimate of drug-likeness (QED) is 0.691. The van der Waals surface area contributed by atoms with Crippen LogP contribution in [0.15, 0.2) is 48.5 Å². The van der Waals surface area contributed by atoms with Crippen molar-refractivity contribution in [2.24, 2.45) is 0 Å². The van der Waals surface area contributed by atoms with E-state index in [1.54, 1.807) is 0 Å². The Morgan fingerprint density at radius 2 is 1.79 bits per heavy atom. The second-order valence-corrected chi connectivity index (χ2v) is 8.14. The first-order chi connectivity index (χ1) is 14.0. The van der Waals surface area contributed by atoms with Gasteiger partial charge in [-0.1, -0.05) is 35.9 Å². The average Bonchev–Trinajstić information content (AvgIpc) is 2.97. The van der Waals surface area contributed by atoms with E-state index in [0.717, 1.165) is 51.3 Å². The molecule has 2 aromatic rings. The fourth-order valence-corrected chi connectivity index (χ4v) is 3.55. The zero-order chi connectivity index (χ0) is 20.6. The van der Waals surface area contributed by atoms with Crippen molar-refractivity contribution in [1.82, 2.24) is 14.7 Å². The van der Waals surface area contributed by atoms with Gasteiger partial charge in [0.1, 0.15) is 12.4 Å². The van der Waals surface area contributed by atoms with Crippen LogP contribution < -0.4 is 4.74 Å². The Balaban J connectivity index is 1.62. The first-order valence-corrected chi connectivity index (χ1v) is 10.5. The lowest BCUT2D eigenvalue weighted by Gasteiger charge is -2.23. The molecule has 29 heavy (non-hydrogen) atoms. The van der Waals surface area contributed by atoms with Gasteiger partial charge in [0.05, 0.1) is 5.56 Å². The summed E-state index contributed by atoms with van der Waals surface area (Å²) in [6.45, 7) is 5.95. The smallest absolute Gasteiger partial charge is 0.257 e. The number of carbonyl (C=O) groups excluding carboxylic acids is 1. The summed E-state index contributed by atoms with van der Waals surface area (Å²) >= 11 is 5.94. The van der Waals surface area contributed by atoms with Crippen molar-refractivity contribution in [1.29, 1.82) is 0 Å². The molecule has 1 aliphatic heterocycles. The molecular weight excluding hydrogens is 386 g/mol. The van der Waals surface area contributed by atoms with E-state index in [2.05, 4.69) is 23.9 Å². The van der Waals surface area contributed by atoms with Crippen LogP contribution in [0, 0.1) is 0 Å². The van der Waals surface area contributed by atoms with Crippen LogP contribution in [0.5, 0.6) is 5.75 Å². The maximum absolute atomic E-state index is 13.2. The lowest BCUT2D eigenvalue weighted by atomic mass is 10.1. The van der Waals surface area contributed by atoms with Gasteiger partial charge in [0, 0.05) is 37.7 Å². The van der Waals surface area contributed by atoms with Gasteiger partial charge in [-0.15, -0.1) is 0 Å². The van der Waals surface area contributed by atoms with Gasteiger partial charge in [-0.05, 0) is 56.9 Å². The first-order valence-electron chi connectivity index (χ1n) is 10.2. The second-order valence-electron chi connectivity index (χ2n) is 7.70. The van der Waals surface area contributed by atoms with E-state index in [1.165, 1.54) is 0 Å². The highest BCUT2D eigenvalue weighted by Gasteiger charge is 2.22. The van der Waals surface area contributed by atoms with Crippen molar-refractivity contribution < 1.29 is 9.53 Å². The molecule has 6 heteroatoms. The first kappa shape index (κ1) is 21.6. The Hall–Kier alpha value is -2.08. The zero-order valence-corrected chi connectivity index (χ0v) is 18.1. The van der Waals surface area contributed by atoms with Gasteiger partial charge >= 0.3 is 0 Å². The lowest BCUT2D eigenvalue weighted by Crippen LogP contribution is -2.37. The third kappa shape index (κ3) is 6.46. The molecule has 0 N–H and O–H groups in total. The molecule has 5 nitrogen and oxygen atoms in total. The van der Waals surface area contributed by atoms with Crippen molar-refractivity contribution in [3.05, 3.63) is 64.7 Å². The van der Waals surface area contributed by atoms with Crippen molar-refractivity contribution in [2.45, 2.75) is 13.0 Å². The Bertz CT molecular complexity index is 795. The summed E-state index contributed by atoms with van der Waals surface area (Å²) in [5.74, 6) is 0.673.